The summed E-state index contributed by atoms with van der Waals surface area (Å²) in [6.45, 7) is 6.84. The fraction of sp³-hybridized carbons (Fsp3) is 1.00. The summed E-state index contributed by atoms with van der Waals surface area (Å²) in [5, 5.41) is 3.40. The van der Waals surface area contributed by atoms with E-state index >= 15 is 0 Å². The predicted molar refractivity (Wildman–Crippen MR) is 64.5 cm³/mol. The van der Waals surface area contributed by atoms with Crippen LogP contribution in [0.2, 0.25) is 0 Å². The summed E-state index contributed by atoms with van der Waals surface area (Å²) in [5.74, 6) is 3.42. The number of thioether (sulfide) groups is 1. The molecule has 1 N–H and O–H groups in total. The summed E-state index contributed by atoms with van der Waals surface area (Å²) >= 11 is 2.08. The lowest BCUT2D eigenvalue weighted by atomic mass is 10.0. The second-order valence-corrected chi connectivity index (χ2v) is 5.18. The molecule has 0 amide bonds. The smallest absolute Gasteiger partial charge is 0.0155 e. The summed E-state index contributed by atoms with van der Waals surface area (Å²) in [6, 6.07) is 0.721. The van der Waals surface area contributed by atoms with Crippen molar-refractivity contribution in [2.45, 2.75) is 46.1 Å². The third-order valence-electron chi connectivity index (χ3n) is 2.17. The molecule has 2 heteroatoms. The van der Waals surface area contributed by atoms with E-state index in [-0.39, 0.29) is 0 Å². The highest BCUT2D eigenvalue weighted by Gasteiger charge is 2.06. The summed E-state index contributed by atoms with van der Waals surface area (Å²) in [5.41, 5.74) is 0. The monoisotopic (exact) mass is 203 g/mol. The second-order valence-electron chi connectivity index (χ2n) is 4.03. The molecular formula is C11H25NS. The molecule has 1 nitrogen and oxygen atoms in total. The van der Waals surface area contributed by atoms with Gasteiger partial charge in [0.1, 0.15) is 0 Å². The molecule has 0 spiro atoms. The van der Waals surface area contributed by atoms with E-state index in [9.17, 15) is 0 Å². The van der Waals surface area contributed by atoms with Crippen molar-refractivity contribution in [2.75, 3.05) is 18.6 Å². The quantitative estimate of drug-likeness (QED) is 0.608. The number of rotatable bonds is 8. The maximum atomic E-state index is 3.40. The van der Waals surface area contributed by atoms with Crippen molar-refractivity contribution in [3.63, 3.8) is 0 Å². The van der Waals surface area contributed by atoms with Crippen LogP contribution in [-0.4, -0.2) is 24.6 Å². The van der Waals surface area contributed by atoms with Crippen molar-refractivity contribution in [2.24, 2.45) is 5.92 Å². The lowest BCUT2D eigenvalue weighted by Gasteiger charge is -2.16. The van der Waals surface area contributed by atoms with Gasteiger partial charge in [-0.3, -0.25) is 0 Å². The zero-order chi connectivity index (χ0) is 10.1. The van der Waals surface area contributed by atoms with Gasteiger partial charge in [0, 0.05) is 11.8 Å². The Labute approximate surface area is 88.1 Å². The Morgan fingerprint density at radius 3 is 2.38 bits per heavy atom. The molecule has 0 aromatic heterocycles. The Hall–Kier alpha value is 0.310. The molecule has 0 radical (unpaired) electrons. The summed E-state index contributed by atoms with van der Waals surface area (Å²) in [7, 11) is 2.08. The third-order valence-corrected chi connectivity index (χ3v) is 3.50. The molecule has 0 aliphatic rings. The molecule has 0 fully saturated rings. The number of nitrogens with one attached hydrogen (secondary N) is 1. The van der Waals surface area contributed by atoms with Gasteiger partial charge in [0.05, 0.1) is 0 Å². The molecule has 80 valence electrons. The van der Waals surface area contributed by atoms with Crippen LogP contribution in [-0.2, 0) is 0 Å². The van der Waals surface area contributed by atoms with Gasteiger partial charge in [0.2, 0.25) is 0 Å². The van der Waals surface area contributed by atoms with E-state index in [1.807, 2.05) is 0 Å². The highest BCUT2D eigenvalue weighted by Crippen LogP contribution is 2.11. The molecule has 1 unspecified atom stereocenters. The van der Waals surface area contributed by atoms with Crippen molar-refractivity contribution in [1.82, 2.24) is 5.32 Å². The minimum absolute atomic E-state index is 0.721. The van der Waals surface area contributed by atoms with E-state index in [2.05, 4.69) is 44.9 Å². The van der Waals surface area contributed by atoms with E-state index in [0.717, 1.165) is 12.0 Å². The summed E-state index contributed by atoms with van der Waals surface area (Å²) < 4.78 is 0. The Balaban J connectivity index is 3.39. The lowest BCUT2D eigenvalue weighted by molar-refractivity contribution is 0.479. The van der Waals surface area contributed by atoms with Crippen LogP contribution in [0.1, 0.15) is 40.0 Å². The first-order chi connectivity index (χ1) is 6.20. The fourth-order valence-corrected chi connectivity index (χ4v) is 2.29. The highest BCUT2D eigenvalue weighted by atomic mass is 32.2. The molecule has 0 saturated carbocycles. The van der Waals surface area contributed by atoms with Gasteiger partial charge in [-0.05, 0) is 38.0 Å². The van der Waals surface area contributed by atoms with Gasteiger partial charge in [-0.25, -0.2) is 0 Å². The predicted octanol–water partition coefficient (Wildman–Crippen LogP) is 3.15. The molecule has 0 saturated heterocycles. The van der Waals surface area contributed by atoms with Gasteiger partial charge in [-0.1, -0.05) is 20.8 Å². The first-order valence-electron chi connectivity index (χ1n) is 5.45. The van der Waals surface area contributed by atoms with Crippen LogP contribution in [0.15, 0.2) is 0 Å². The van der Waals surface area contributed by atoms with E-state index < -0.39 is 0 Å². The number of hydrogen-bond donors (Lipinski definition) is 1. The Bertz CT molecular complexity index is 104. The maximum Gasteiger partial charge on any atom is 0.0155 e. The third kappa shape index (κ3) is 8.63. The van der Waals surface area contributed by atoms with Crippen molar-refractivity contribution >= 4 is 11.8 Å². The van der Waals surface area contributed by atoms with Crippen molar-refractivity contribution in [1.29, 1.82) is 0 Å². The minimum Gasteiger partial charge on any atom is -0.316 e. The van der Waals surface area contributed by atoms with Gasteiger partial charge in [-0.15, -0.1) is 0 Å². The highest BCUT2D eigenvalue weighted by molar-refractivity contribution is 7.99. The largest absolute Gasteiger partial charge is 0.316 e. The van der Waals surface area contributed by atoms with Crippen LogP contribution in [0.5, 0.6) is 0 Å². The average molecular weight is 203 g/mol. The molecule has 13 heavy (non-hydrogen) atoms. The Morgan fingerprint density at radius 1 is 1.23 bits per heavy atom. The topological polar surface area (TPSA) is 12.0 Å². The van der Waals surface area contributed by atoms with Crippen LogP contribution < -0.4 is 5.32 Å². The van der Waals surface area contributed by atoms with E-state index in [4.69, 9.17) is 0 Å². The first-order valence-corrected chi connectivity index (χ1v) is 6.61. The van der Waals surface area contributed by atoms with Crippen LogP contribution in [0.4, 0.5) is 0 Å². The van der Waals surface area contributed by atoms with Crippen LogP contribution in [0, 0.1) is 5.92 Å². The SMILES string of the molecule is CCCSCC(CCC(C)C)NC. The minimum atomic E-state index is 0.721. The Kier molecular flexibility index (Phi) is 9.10. The molecule has 0 aliphatic heterocycles. The maximum absolute atomic E-state index is 3.40. The normalized spacial score (nSPS) is 13.6. The van der Waals surface area contributed by atoms with Crippen LogP contribution in [0.25, 0.3) is 0 Å². The summed E-state index contributed by atoms with van der Waals surface area (Å²) in [4.78, 5) is 0. The van der Waals surface area contributed by atoms with Crippen molar-refractivity contribution in [3.05, 3.63) is 0 Å². The van der Waals surface area contributed by atoms with Gasteiger partial charge in [-0.2, -0.15) is 11.8 Å². The first kappa shape index (κ1) is 13.3. The van der Waals surface area contributed by atoms with Crippen molar-refractivity contribution < 1.29 is 0 Å². The molecule has 0 aromatic rings. The standard InChI is InChI=1S/C11H25NS/c1-5-8-13-9-11(12-4)7-6-10(2)3/h10-12H,5-9H2,1-4H3. The molecule has 0 bridgehead atoms. The van der Waals surface area contributed by atoms with E-state index in [1.165, 1.54) is 30.8 Å². The fourth-order valence-electron chi connectivity index (χ4n) is 1.22. The molecule has 0 heterocycles. The van der Waals surface area contributed by atoms with Gasteiger partial charge < -0.3 is 5.32 Å². The zero-order valence-electron chi connectivity index (χ0n) is 9.60. The zero-order valence-corrected chi connectivity index (χ0v) is 10.4. The number of hydrogen-bond acceptors (Lipinski definition) is 2. The van der Waals surface area contributed by atoms with E-state index in [1.54, 1.807) is 0 Å². The van der Waals surface area contributed by atoms with Gasteiger partial charge in [0.25, 0.3) is 0 Å². The van der Waals surface area contributed by atoms with Crippen molar-refractivity contribution in [3.8, 4) is 0 Å². The second kappa shape index (κ2) is 8.89. The average Bonchev–Trinajstić information content (AvgIpc) is 2.10. The molecular weight excluding hydrogens is 178 g/mol. The molecule has 0 rings (SSSR count). The van der Waals surface area contributed by atoms with E-state index in [0.29, 0.717) is 0 Å². The van der Waals surface area contributed by atoms with Crippen LogP contribution >= 0.6 is 11.8 Å². The van der Waals surface area contributed by atoms with Crippen LogP contribution in [0.3, 0.4) is 0 Å². The molecule has 0 aliphatic carbocycles. The molecule has 1 atom stereocenters. The molecule has 0 aromatic carbocycles. The lowest BCUT2D eigenvalue weighted by Crippen LogP contribution is -2.28. The van der Waals surface area contributed by atoms with Gasteiger partial charge in [0.15, 0.2) is 0 Å². The summed E-state index contributed by atoms with van der Waals surface area (Å²) in [6.07, 6.45) is 3.97. The Morgan fingerprint density at radius 2 is 1.92 bits per heavy atom. The van der Waals surface area contributed by atoms with Gasteiger partial charge >= 0.3 is 0 Å².